The van der Waals surface area contributed by atoms with Crippen LogP contribution in [0.1, 0.15) is 71.6 Å². The van der Waals surface area contributed by atoms with Crippen molar-refractivity contribution < 1.29 is 15.3 Å². The summed E-state index contributed by atoms with van der Waals surface area (Å²) in [5, 5.41) is 30.8. The van der Waals surface area contributed by atoms with Crippen LogP contribution >= 0.6 is 0 Å². The Morgan fingerprint density at radius 3 is 2.56 bits per heavy atom. The Labute approximate surface area is 152 Å². The van der Waals surface area contributed by atoms with E-state index in [1.54, 1.807) is 0 Å². The molecule has 3 heteroatoms. The van der Waals surface area contributed by atoms with Crippen LogP contribution in [0.25, 0.3) is 0 Å². The minimum absolute atomic E-state index is 0.0183. The maximum absolute atomic E-state index is 11.4. The molecule has 0 amide bonds. The molecule has 4 aliphatic rings. The van der Waals surface area contributed by atoms with Gasteiger partial charge in [0.05, 0.1) is 11.7 Å². The van der Waals surface area contributed by atoms with Crippen LogP contribution in [0.2, 0.25) is 0 Å². The Balaban J connectivity index is 1.61. The maximum atomic E-state index is 11.4. The fourth-order valence-electron chi connectivity index (χ4n) is 7.68. The Bertz CT molecular complexity index is 545. The number of aliphatic hydroxyl groups is 3. The zero-order valence-corrected chi connectivity index (χ0v) is 16.0. The first-order valence-corrected chi connectivity index (χ1v) is 10.5. The third-order valence-corrected chi connectivity index (χ3v) is 9.24. The largest absolute Gasteiger partial charge is 0.396 e. The molecule has 0 heterocycles. The van der Waals surface area contributed by atoms with Crippen molar-refractivity contribution in [1.82, 2.24) is 0 Å². The fourth-order valence-corrected chi connectivity index (χ4v) is 7.68. The second kappa shape index (κ2) is 6.07. The van der Waals surface area contributed by atoms with E-state index < -0.39 is 5.60 Å². The monoisotopic (exact) mass is 348 g/mol. The van der Waals surface area contributed by atoms with E-state index in [4.69, 9.17) is 0 Å². The molecule has 8 atom stereocenters. The van der Waals surface area contributed by atoms with Gasteiger partial charge in [0.1, 0.15) is 0 Å². The zero-order chi connectivity index (χ0) is 17.9. The zero-order valence-electron chi connectivity index (χ0n) is 16.0. The molecular formula is C22H36O3. The molecule has 0 radical (unpaired) electrons. The van der Waals surface area contributed by atoms with Gasteiger partial charge in [-0.3, -0.25) is 0 Å². The van der Waals surface area contributed by atoms with Gasteiger partial charge in [0.2, 0.25) is 0 Å². The summed E-state index contributed by atoms with van der Waals surface area (Å²) < 4.78 is 0. The molecule has 3 nitrogen and oxygen atoms in total. The molecule has 142 valence electrons. The van der Waals surface area contributed by atoms with Gasteiger partial charge in [-0.05, 0) is 92.3 Å². The van der Waals surface area contributed by atoms with E-state index in [2.05, 4.69) is 19.9 Å². The van der Waals surface area contributed by atoms with E-state index in [1.165, 1.54) is 19.3 Å². The highest BCUT2D eigenvalue weighted by molar-refractivity contribution is 5.19. The first kappa shape index (κ1) is 18.0. The summed E-state index contributed by atoms with van der Waals surface area (Å²) in [5.41, 5.74) is -0.332. The van der Waals surface area contributed by atoms with Crippen LogP contribution in [-0.4, -0.2) is 33.6 Å². The van der Waals surface area contributed by atoms with E-state index >= 15 is 0 Å². The van der Waals surface area contributed by atoms with Crippen LogP contribution in [-0.2, 0) is 0 Å². The molecule has 0 saturated heterocycles. The number of allylic oxidation sites excluding steroid dienone is 1. The Hall–Kier alpha value is -0.380. The molecule has 25 heavy (non-hydrogen) atoms. The summed E-state index contributed by atoms with van der Waals surface area (Å²) in [6.07, 6.45) is 13.4. The number of rotatable bonds is 3. The van der Waals surface area contributed by atoms with Crippen molar-refractivity contribution in [2.24, 2.45) is 34.5 Å². The van der Waals surface area contributed by atoms with E-state index in [9.17, 15) is 15.3 Å². The lowest BCUT2D eigenvalue weighted by Crippen LogP contribution is -2.56. The van der Waals surface area contributed by atoms with Gasteiger partial charge >= 0.3 is 0 Å². The molecule has 3 fully saturated rings. The number of hydrogen-bond acceptors (Lipinski definition) is 3. The number of aliphatic hydroxyl groups excluding tert-OH is 2. The Kier molecular flexibility index (Phi) is 4.37. The van der Waals surface area contributed by atoms with Gasteiger partial charge in [-0.25, -0.2) is 0 Å². The standard InChI is InChI=1S/C22H36O3/c1-20-10-6-16(24)14-15(20)4-5-17-18(20)7-11-21(2)19(17)8-12-22(21,25)9-3-13-23/h6,10,15-19,23-25H,3-5,7-9,11-14H2,1-2H3/t15?,16?,17-,18-,19+,20+,21+,22?/m1/s1. The minimum atomic E-state index is -0.582. The SMILES string of the molecule is C[C@]12C=CC(O)CC1CC[C@@H]1[C@H]2CC[C@@]2(C)[C@H]1CCC2(O)CCCO. The Morgan fingerprint density at radius 1 is 1.04 bits per heavy atom. The number of hydrogen-bond donors (Lipinski definition) is 3. The normalized spacial score (nSPS) is 54.7. The van der Waals surface area contributed by atoms with Crippen molar-refractivity contribution in [2.75, 3.05) is 6.61 Å². The Morgan fingerprint density at radius 2 is 1.80 bits per heavy atom. The first-order chi connectivity index (χ1) is 11.8. The summed E-state index contributed by atoms with van der Waals surface area (Å²) in [7, 11) is 0. The summed E-state index contributed by atoms with van der Waals surface area (Å²) in [6, 6.07) is 0. The predicted molar refractivity (Wildman–Crippen MR) is 98.9 cm³/mol. The van der Waals surface area contributed by atoms with Crippen molar-refractivity contribution in [2.45, 2.75) is 83.3 Å². The molecule has 4 rings (SSSR count). The van der Waals surface area contributed by atoms with Crippen molar-refractivity contribution in [1.29, 1.82) is 0 Å². The van der Waals surface area contributed by atoms with Crippen molar-refractivity contribution in [3.05, 3.63) is 12.2 Å². The molecule has 0 spiro atoms. The van der Waals surface area contributed by atoms with Gasteiger partial charge in [0.15, 0.2) is 0 Å². The van der Waals surface area contributed by atoms with E-state index in [1.807, 2.05) is 6.08 Å². The van der Waals surface area contributed by atoms with Gasteiger partial charge in [-0.2, -0.15) is 0 Å². The summed E-state index contributed by atoms with van der Waals surface area (Å²) in [4.78, 5) is 0. The molecule has 3 unspecified atom stereocenters. The van der Waals surface area contributed by atoms with Crippen molar-refractivity contribution >= 4 is 0 Å². The summed E-state index contributed by atoms with van der Waals surface area (Å²) in [5.74, 6) is 2.65. The smallest absolute Gasteiger partial charge is 0.0724 e. The molecule has 0 aliphatic heterocycles. The molecule has 3 saturated carbocycles. The fraction of sp³-hybridized carbons (Fsp3) is 0.909. The van der Waals surface area contributed by atoms with Crippen LogP contribution < -0.4 is 0 Å². The van der Waals surface area contributed by atoms with Gasteiger partial charge < -0.3 is 15.3 Å². The molecule has 0 aromatic rings. The lowest BCUT2D eigenvalue weighted by Gasteiger charge is -2.60. The quantitative estimate of drug-likeness (QED) is 0.682. The van der Waals surface area contributed by atoms with E-state index in [0.29, 0.717) is 30.1 Å². The summed E-state index contributed by atoms with van der Waals surface area (Å²) >= 11 is 0. The first-order valence-electron chi connectivity index (χ1n) is 10.5. The second-order valence-electron chi connectivity index (χ2n) is 10.0. The highest BCUT2D eigenvalue weighted by Crippen LogP contribution is 2.68. The van der Waals surface area contributed by atoms with Crippen LogP contribution in [0.4, 0.5) is 0 Å². The van der Waals surface area contributed by atoms with Gasteiger partial charge in [0, 0.05) is 6.61 Å². The van der Waals surface area contributed by atoms with Gasteiger partial charge in [-0.15, -0.1) is 0 Å². The molecular weight excluding hydrogens is 312 g/mol. The number of fused-ring (bicyclic) bond motifs is 5. The van der Waals surface area contributed by atoms with Crippen LogP contribution in [0.5, 0.6) is 0 Å². The lowest BCUT2D eigenvalue weighted by molar-refractivity contribution is -0.143. The van der Waals surface area contributed by atoms with E-state index in [0.717, 1.165) is 32.1 Å². The van der Waals surface area contributed by atoms with E-state index in [-0.39, 0.29) is 23.5 Å². The molecule has 0 aromatic carbocycles. The molecule has 3 N–H and O–H groups in total. The summed E-state index contributed by atoms with van der Waals surface area (Å²) in [6.45, 7) is 4.96. The predicted octanol–water partition coefficient (Wildman–Crippen LogP) is 3.67. The average molecular weight is 349 g/mol. The van der Waals surface area contributed by atoms with Gasteiger partial charge in [-0.1, -0.05) is 26.0 Å². The van der Waals surface area contributed by atoms with Crippen molar-refractivity contribution in [3.8, 4) is 0 Å². The topological polar surface area (TPSA) is 60.7 Å². The third-order valence-electron chi connectivity index (χ3n) is 9.24. The van der Waals surface area contributed by atoms with Crippen LogP contribution in [0, 0.1) is 34.5 Å². The molecule has 4 aliphatic carbocycles. The van der Waals surface area contributed by atoms with Crippen LogP contribution in [0.15, 0.2) is 12.2 Å². The third kappa shape index (κ3) is 2.49. The second-order valence-corrected chi connectivity index (χ2v) is 10.0. The minimum Gasteiger partial charge on any atom is -0.396 e. The lowest BCUT2D eigenvalue weighted by atomic mass is 9.45. The van der Waals surface area contributed by atoms with Crippen molar-refractivity contribution in [3.63, 3.8) is 0 Å². The average Bonchev–Trinajstić information content (AvgIpc) is 2.85. The van der Waals surface area contributed by atoms with Crippen LogP contribution in [0.3, 0.4) is 0 Å². The highest BCUT2D eigenvalue weighted by atomic mass is 16.3. The highest BCUT2D eigenvalue weighted by Gasteiger charge is 2.63. The molecule has 0 bridgehead atoms. The van der Waals surface area contributed by atoms with Gasteiger partial charge in [0.25, 0.3) is 0 Å². The molecule has 0 aromatic heterocycles. The maximum Gasteiger partial charge on any atom is 0.0724 e.